The third kappa shape index (κ3) is 2.88. The zero-order chi connectivity index (χ0) is 20.0. The summed E-state index contributed by atoms with van der Waals surface area (Å²) in [7, 11) is 3.24. The van der Waals surface area contributed by atoms with Crippen LogP contribution in [0.15, 0.2) is 48.0 Å². The molecule has 144 valence electrons. The number of hydrogen-bond acceptors (Lipinski definition) is 7. The first-order valence-electron chi connectivity index (χ1n) is 8.76. The molecular weight excluding hydrogens is 406 g/mol. The van der Waals surface area contributed by atoms with Crippen molar-refractivity contribution in [2.75, 3.05) is 14.2 Å². The summed E-state index contributed by atoms with van der Waals surface area (Å²) < 4.78 is 13.9. The molecule has 3 heterocycles. The van der Waals surface area contributed by atoms with E-state index in [-0.39, 0.29) is 0 Å². The van der Waals surface area contributed by atoms with Gasteiger partial charge in [-0.3, -0.25) is 9.20 Å². The lowest BCUT2D eigenvalue weighted by Crippen LogP contribution is -1.90. The molecule has 5 aromatic rings. The van der Waals surface area contributed by atoms with E-state index >= 15 is 0 Å². The van der Waals surface area contributed by atoms with Gasteiger partial charge < -0.3 is 9.47 Å². The average molecular weight is 422 g/mol. The van der Waals surface area contributed by atoms with E-state index in [1.165, 1.54) is 0 Å². The van der Waals surface area contributed by atoms with E-state index in [9.17, 15) is 4.79 Å². The number of nitrogens with zero attached hydrogens (tertiary/aromatic N) is 3. The number of thiazole rings is 2. The maximum Gasteiger partial charge on any atom is 0.194 e. The molecule has 0 radical (unpaired) electrons. The summed E-state index contributed by atoms with van der Waals surface area (Å²) in [5, 5.41) is 2.86. The second-order valence-corrected chi connectivity index (χ2v) is 8.20. The van der Waals surface area contributed by atoms with Gasteiger partial charge >= 0.3 is 0 Å². The molecule has 0 saturated heterocycles. The molecule has 2 aromatic carbocycles. The van der Waals surface area contributed by atoms with Gasteiger partial charge in [-0.05, 0) is 0 Å². The molecule has 0 aliphatic rings. The molecule has 0 N–H and O–H groups in total. The van der Waals surface area contributed by atoms with Crippen LogP contribution in [-0.4, -0.2) is 34.9 Å². The molecule has 0 spiro atoms. The van der Waals surface area contributed by atoms with E-state index in [4.69, 9.17) is 19.4 Å². The van der Waals surface area contributed by atoms with Gasteiger partial charge in [0.1, 0.15) is 22.7 Å². The highest BCUT2D eigenvalue weighted by Gasteiger charge is 2.21. The number of ether oxygens (including phenoxy) is 2. The normalized spacial score (nSPS) is 11.2. The molecule has 0 unspecified atom stereocenters. The van der Waals surface area contributed by atoms with Crippen LogP contribution in [0.3, 0.4) is 0 Å². The standard InChI is InChI=1S/C21H15N3O3S2/c1-26-15-9-14-17(10-16(15)27-2)29-20(22-14)19-18(23-21-24(19)7-8-28-21)13-5-3-12(11-25)4-6-13/h3-11H,1-2H3. The monoisotopic (exact) mass is 421 g/mol. The molecule has 0 atom stereocenters. The Kier molecular flexibility index (Phi) is 4.30. The summed E-state index contributed by atoms with van der Waals surface area (Å²) in [6.45, 7) is 0. The lowest BCUT2D eigenvalue weighted by Gasteiger charge is -2.05. The van der Waals surface area contributed by atoms with Gasteiger partial charge in [0.2, 0.25) is 0 Å². The van der Waals surface area contributed by atoms with E-state index in [1.807, 2.05) is 35.8 Å². The number of aromatic nitrogens is 3. The first-order valence-corrected chi connectivity index (χ1v) is 10.5. The molecule has 6 nitrogen and oxygen atoms in total. The molecule has 0 bridgehead atoms. The predicted molar refractivity (Wildman–Crippen MR) is 116 cm³/mol. The highest BCUT2D eigenvalue weighted by molar-refractivity contribution is 7.21. The third-order valence-electron chi connectivity index (χ3n) is 4.68. The number of aldehydes is 1. The first kappa shape index (κ1) is 17.8. The number of methoxy groups -OCH3 is 2. The number of imidazole rings is 1. The Labute approximate surface area is 174 Å². The fraction of sp³-hybridized carbons (Fsp3) is 0.0952. The van der Waals surface area contributed by atoms with Crippen molar-refractivity contribution < 1.29 is 14.3 Å². The first-order chi connectivity index (χ1) is 14.2. The summed E-state index contributed by atoms with van der Waals surface area (Å²) in [6, 6.07) is 11.3. The maximum atomic E-state index is 11.0. The second-order valence-electron chi connectivity index (χ2n) is 6.30. The van der Waals surface area contributed by atoms with Crippen molar-refractivity contribution >= 4 is 44.1 Å². The fourth-order valence-electron chi connectivity index (χ4n) is 3.27. The SMILES string of the molecule is COc1cc2nc(-c3c(-c4ccc(C=O)cc4)nc4sccn34)sc2cc1OC. The van der Waals surface area contributed by atoms with Gasteiger partial charge in [0, 0.05) is 34.8 Å². The van der Waals surface area contributed by atoms with Crippen molar-refractivity contribution in [2.24, 2.45) is 0 Å². The Hall–Kier alpha value is -3.23. The zero-order valence-electron chi connectivity index (χ0n) is 15.6. The van der Waals surface area contributed by atoms with Crippen molar-refractivity contribution in [3.8, 4) is 33.5 Å². The Morgan fingerprint density at radius 2 is 1.79 bits per heavy atom. The molecular formula is C21H15N3O3S2. The molecule has 5 rings (SSSR count). The summed E-state index contributed by atoms with van der Waals surface area (Å²) in [4.78, 5) is 21.6. The number of rotatable bonds is 5. The lowest BCUT2D eigenvalue weighted by molar-refractivity contribution is 0.112. The Morgan fingerprint density at radius 1 is 1.03 bits per heavy atom. The molecule has 0 amide bonds. The topological polar surface area (TPSA) is 65.7 Å². The molecule has 0 saturated carbocycles. The van der Waals surface area contributed by atoms with Crippen molar-refractivity contribution in [1.82, 2.24) is 14.4 Å². The molecule has 0 aliphatic carbocycles. The largest absolute Gasteiger partial charge is 0.493 e. The quantitative estimate of drug-likeness (QED) is 0.366. The van der Waals surface area contributed by atoms with Crippen LogP contribution in [0.25, 0.3) is 37.1 Å². The van der Waals surface area contributed by atoms with Crippen LogP contribution in [0.5, 0.6) is 11.5 Å². The summed E-state index contributed by atoms with van der Waals surface area (Å²) in [5.41, 5.74) is 4.19. The van der Waals surface area contributed by atoms with Gasteiger partial charge in [0.05, 0.1) is 24.4 Å². The van der Waals surface area contributed by atoms with Gasteiger partial charge in [0.25, 0.3) is 0 Å². The number of carbonyl (C=O) groups is 1. The van der Waals surface area contributed by atoms with Crippen LogP contribution < -0.4 is 9.47 Å². The highest BCUT2D eigenvalue weighted by Crippen LogP contribution is 2.41. The Morgan fingerprint density at radius 3 is 2.52 bits per heavy atom. The Bertz CT molecular complexity index is 1310. The minimum atomic E-state index is 0.635. The summed E-state index contributed by atoms with van der Waals surface area (Å²) in [6.07, 6.45) is 2.84. The average Bonchev–Trinajstić information content (AvgIpc) is 3.46. The lowest BCUT2D eigenvalue weighted by atomic mass is 10.1. The molecule has 29 heavy (non-hydrogen) atoms. The van der Waals surface area contributed by atoms with Crippen molar-refractivity contribution in [3.05, 3.63) is 53.5 Å². The third-order valence-corrected chi connectivity index (χ3v) is 6.46. The van der Waals surface area contributed by atoms with Gasteiger partial charge in [0.15, 0.2) is 16.5 Å². The zero-order valence-corrected chi connectivity index (χ0v) is 17.2. The van der Waals surface area contributed by atoms with Crippen LogP contribution in [0.1, 0.15) is 10.4 Å². The van der Waals surface area contributed by atoms with E-state index in [0.29, 0.717) is 17.1 Å². The van der Waals surface area contributed by atoms with Gasteiger partial charge in [-0.25, -0.2) is 9.97 Å². The van der Waals surface area contributed by atoms with Gasteiger partial charge in [-0.1, -0.05) is 24.3 Å². The number of carbonyl (C=O) groups excluding carboxylic acids is 1. The summed E-state index contributed by atoms with van der Waals surface area (Å²) >= 11 is 3.15. The maximum absolute atomic E-state index is 11.0. The molecule has 8 heteroatoms. The van der Waals surface area contributed by atoms with Gasteiger partial charge in [-0.15, -0.1) is 22.7 Å². The highest BCUT2D eigenvalue weighted by atomic mass is 32.1. The second kappa shape index (κ2) is 6.98. The van der Waals surface area contributed by atoms with E-state index in [1.54, 1.807) is 49.0 Å². The van der Waals surface area contributed by atoms with Crippen LogP contribution in [0, 0.1) is 0 Å². The minimum absolute atomic E-state index is 0.635. The molecule has 0 aliphatic heterocycles. The van der Waals surface area contributed by atoms with Gasteiger partial charge in [-0.2, -0.15) is 0 Å². The predicted octanol–water partition coefficient (Wildman–Crippen LogP) is 5.17. The van der Waals surface area contributed by atoms with Crippen LogP contribution in [0.2, 0.25) is 0 Å². The minimum Gasteiger partial charge on any atom is -0.493 e. The molecule has 0 fully saturated rings. The number of hydrogen-bond donors (Lipinski definition) is 0. The van der Waals surface area contributed by atoms with Crippen molar-refractivity contribution in [1.29, 1.82) is 0 Å². The van der Waals surface area contributed by atoms with Crippen LogP contribution >= 0.6 is 22.7 Å². The van der Waals surface area contributed by atoms with E-state index in [0.717, 1.165) is 43.4 Å². The van der Waals surface area contributed by atoms with Crippen LogP contribution in [-0.2, 0) is 0 Å². The summed E-state index contributed by atoms with van der Waals surface area (Å²) in [5.74, 6) is 1.32. The smallest absolute Gasteiger partial charge is 0.194 e. The molecule has 3 aromatic heterocycles. The van der Waals surface area contributed by atoms with E-state index in [2.05, 4.69) is 4.40 Å². The van der Waals surface area contributed by atoms with Crippen molar-refractivity contribution in [2.45, 2.75) is 0 Å². The Balaban J connectivity index is 1.73. The number of benzene rings is 2. The van der Waals surface area contributed by atoms with Crippen LogP contribution in [0.4, 0.5) is 0 Å². The fourth-order valence-corrected chi connectivity index (χ4v) is 5.00. The van der Waals surface area contributed by atoms with E-state index < -0.39 is 0 Å². The number of fused-ring (bicyclic) bond motifs is 2. The van der Waals surface area contributed by atoms with Crippen molar-refractivity contribution in [3.63, 3.8) is 0 Å².